The van der Waals surface area contributed by atoms with Gasteiger partial charge in [0.2, 0.25) is 0 Å². The monoisotopic (exact) mass is 346 g/mol. The van der Waals surface area contributed by atoms with E-state index in [4.69, 9.17) is 23.2 Å². The smallest absolute Gasteiger partial charge is 0.0458 e. The van der Waals surface area contributed by atoms with Gasteiger partial charge >= 0.3 is 0 Å². The van der Waals surface area contributed by atoms with Crippen LogP contribution in [0.1, 0.15) is 74.6 Å². The van der Waals surface area contributed by atoms with Crippen molar-refractivity contribution in [1.29, 1.82) is 0 Å². The van der Waals surface area contributed by atoms with Gasteiger partial charge < -0.3 is 0 Å². The molecule has 2 heteroatoms. The second-order valence-electron chi connectivity index (χ2n) is 7.37. The van der Waals surface area contributed by atoms with Gasteiger partial charge in [-0.1, -0.05) is 75.2 Å². The Kier molecular flexibility index (Phi) is 4.51. The fourth-order valence-electron chi connectivity index (χ4n) is 3.47. The van der Waals surface area contributed by atoms with E-state index in [0.29, 0.717) is 11.8 Å². The lowest BCUT2D eigenvalue weighted by atomic mass is 9.85. The highest BCUT2D eigenvalue weighted by Crippen LogP contribution is 2.55. The van der Waals surface area contributed by atoms with Crippen LogP contribution in [0.5, 0.6) is 0 Å². The molecule has 1 aliphatic rings. The van der Waals surface area contributed by atoms with Crippen molar-refractivity contribution >= 4 is 23.2 Å². The van der Waals surface area contributed by atoms with E-state index >= 15 is 0 Å². The molecule has 0 spiro atoms. The van der Waals surface area contributed by atoms with Crippen LogP contribution in [0.3, 0.4) is 0 Å². The molecule has 0 radical (unpaired) electrons. The minimum Gasteiger partial charge on any atom is -0.0840 e. The topological polar surface area (TPSA) is 0 Å². The Morgan fingerprint density at radius 3 is 1.70 bits per heavy atom. The second kappa shape index (κ2) is 6.15. The van der Waals surface area contributed by atoms with Gasteiger partial charge in [-0.05, 0) is 59.1 Å². The van der Waals surface area contributed by atoms with Crippen molar-refractivity contribution in [3.63, 3.8) is 0 Å². The van der Waals surface area contributed by atoms with Crippen LogP contribution in [0.15, 0.2) is 36.4 Å². The molecule has 0 atom stereocenters. The first-order chi connectivity index (χ1) is 10.8. The van der Waals surface area contributed by atoms with Gasteiger partial charge in [-0.3, -0.25) is 0 Å². The first kappa shape index (κ1) is 16.9. The van der Waals surface area contributed by atoms with Crippen LogP contribution in [-0.2, 0) is 5.41 Å². The molecular weight excluding hydrogens is 323 g/mol. The minimum atomic E-state index is 0.109. The molecule has 0 bridgehead atoms. The van der Waals surface area contributed by atoms with Crippen molar-refractivity contribution in [2.45, 2.75) is 57.8 Å². The molecule has 0 nitrogen and oxygen atoms in total. The lowest BCUT2D eigenvalue weighted by Gasteiger charge is -2.20. The Labute approximate surface area is 149 Å². The summed E-state index contributed by atoms with van der Waals surface area (Å²) in [7, 11) is 0. The van der Waals surface area contributed by atoms with Crippen molar-refractivity contribution in [3.05, 3.63) is 68.7 Å². The van der Waals surface area contributed by atoms with Gasteiger partial charge in [0.25, 0.3) is 0 Å². The lowest BCUT2D eigenvalue weighted by Crippen LogP contribution is -2.10. The molecule has 0 aliphatic heterocycles. The van der Waals surface area contributed by atoms with Crippen LogP contribution >= 0.6 is 23.2 Å². The van der Waals surface area contributed by atoms with Crippen molar-refractivity contribution < 1.29 is 0 Å². The third kappa shape index (κ3) is 3.04. The van der Waals surface area contributed by atoms with E-state index in [1.807, 2.05) is 0 Å². The van der Waals surface area contributed by atoms with Crippen LogP contribution in [0, 0.1) is 0 Å². The molecule has 0 N–H and O–H groups in total. The number of rotatable bonds is 4. The fraction of sp³-hybridized carbons (Fsp3) is 0.429. The van der Waals surface area contributed by atoms with Gasteiger partial charge in [0.05, 0.1) is 0 Å². The molecule has 1 fully saturated rings. The van der Waals surface area contributed by atoms with Gasteiger partial charge in [0.15, 0.2) is 0 Å². The number of hydrogen-bond acceptors (Lipinski definition) is 0. The highest BCUT2D eigenvalue weighted by molar-refractivity contribution is 6.36. The summed E-state index contributed by atoms with van der Waals surface area (Å²) in [6, 6.07) is 13.3. The average molecular weight is 347 g/mol. The van der Waals surface area contributed by atoms with Gasteiger partial charge in [0, 0.05) is 15.5 Å². The van der Waals surface area contributed by atoms with Crippen molar-refractivity contribution in [2.24, 2.45) is 0 Å². The molecule has 0 saturated heterocycles. The van der Waals surface area contributed by atoms with Gasteiger partial charge in [-0.2, -0.15) is 0 Å². The summed E-state index contributed by atoms with van der Waals surface area (Å²) in [5.74, 6) is 0.901. The standard InChI is InChI=1S/C21H24Cl2/c1-13(2)15-5-7-16(8-6-15)21(9-10-21)17-11-18(22)20(14(3)4)19(23)12-17/h5-8,11-14H,9-10H2,1-4H3. The van der Waals surface area contributed by atoms with E-state index in [1.165, 1.54) is 29.5 Å². The molecule has 1 saturated carbocycles. The predicted molar refractivity (Wildman–Crippen MR) is 101 cm³/mol. The molecule has 0 amide bonds. The molecule has 122 valence electrons. The molecule has 2 aromatic carbocycles. The zero-order valence-electron chi connectivity index (χ0n) is 14.3. The van der Waals surface area contributed by atoms with Crippen molar-refractivity contribution in [1.82, 2.24) is 0 Å². The van der Waals surface area contributed by atoms with Gasteiger partial charge in [-0.25, -0.2) is 0 Å². The summed E-state index contributed by atoms with van der Waals surface area (Å²) in [5, 5.41) is 1.60. The van der Waals surface area contributed by atoms with Gasteiger partial charge in [0.1, 0.15) is 0 Å². The van der Waals surface area contributed by atoms with Crippen molar-refractivity contribution in [3.8, 4) is 0 Å². The Bertz CT molecular complexity index is 684. The maximum absolute atomic E-state index is 6.53. The second-order valence-corrected chi connectivity index (χ2v) is 8.18. The summed E-state index contributed by atoms with van der Waals surface area (Å²) in [6.45, 7) is 8.72. The molecule has 2 aromatic rings. The third-order valence-electron chi connectivity index (χ3n) is 5.09. The lowest BCUT2D eigenvalue weighted by molar-refractivity contribution is 0.825. The normalized spacial score (nSPS) is 16.2. The molecule has 1 aliphatic carbocycles. The fourth-order valence-corrected chi connectivity index (χ4v) is 4.39. The number of benzene rings is 2. The Balaban J connectivity index is 2.01. The highest BCUT2D eigenvalue weighted by Gasteiger charge is 2.46. The number of hydrogen-bond donors (Lipinski definition) is 0. The van der Waals surface area contributed by atoms with E-state index < -0.39 is 0 Å². The summed E-state index contributed by atoms with van der Waals surface area (Å²) in [4.78, 5) is 0. The summed E-state index contributed by atoms with van der Waals surface area (Å²) >= 11 is 13.1. The zero-order chi connectivity index (χ0) is 16.8. The zero-order valence-corrected chi connectivity index (χ0v) is 15.8. The molecule has 23 heavy (non-hydrogen) atoms. The van der Waals surface area contributed by atoms with Crippen LogP contribution in [0.2, 0.25) is 10.0 Å². The predicted octanol–water partition coefficient (Wildman–Crippen LogP) is 7.32. The van der Waals surface area contributed by atoms with Crippen LogP contribution in [-0.4, -0.2) is 0 Å². The molecule has 3 rings (SSSR count). The molecule has 0 aromatic heterocycles. The minimum absolute atomic E-state index is 0.109. The van der Waals surface area contributed by atoms with E-state index in [2.05, 4.69) is 64.1 Å². The SMILES string of the molecule is CC(C)c1ccc(C2(c3cc(Cl)c(C(C)C)c(Cl)c3)CC2)cc1. The van der Waals surface area contributed by atoms with E-state index in [0.717, 1.165) is 15.6 Å². The van der Waals surface area contributed by atoms with Crippen LogP contribution in [0.25, 0.3) is 0 Å². The van der Waals surface area contributed by atoms with Crippen LogP contribution < -0.4 is 0 Å². The van der Waals surface area contributed by atoms with Gasteiger partial charge in [-0.15, -0.1) is 0 Å². The average Bonchev–Trinajstić information content (AvgIpc) is 3.27. The molecule has 0 unspecified atom stereocenters. The van der Waals surface area contributed by atoms with Crippen LogP contribution in [0.4, 0.5) is 0 Å². The molecule has 0 heterocycles. The Morgan fingerprint density at radius 2 is 1.30 bits per heavy atom. The Hall–Kier alpha value is -0.980. The third-order valence-corrected chi connectivity index (χ3v) is 5.71. The van der Waals surface area contributed by atoms with E-state index in [1.54, 1.807) is 0 Å². The largest absolute Gasteiger partial charge is 0.0840 e. The summed E-state index contributed by atoms with van der Waals surface area (Å²) < 4.78 is 0. The number of halogens is 2. The first-order valence-corrected chi connectivity index (χ1v) is 9.20. The summed E-state index contributed by atoms with van der Waals surface area (Å²) in [5.41, 5.74) is 5.19. The quantitative estimate of drug-likeness (QED) is 0.543. The van der Waals surface area contributed by atoms with E-state index in [-0.39, 0.29) is 5.41 Å². The van der Waals surface area contributed by atoms with E-state index in [9.17, 15) is 0 Å². The summed E-state index contributed by atoms with van der Waals surface area (Å²) in [6.07, 6.45) is 2.34. The maximum Gasteiger partial charge on any atom is 0.0458 e. The highest BCUT2D eigenvalue weighted by atomic mass is 35.5. The first-order valence-electron chi connectivity index (χ1n) is 8.45. The molecular formula is C21H24Cl2. The maximum atomic E-state index is 6.53. The van der Waals surface area contributed by atoms with Crippen molar-refractivity contribution in [2.75, 3.05) is 0 Å². The Morgan fingerprint density at radius 1 is 0.783 bits per heavy atom.